The maximum Gasteiger partial charge on any atom is 0.321 e. The number of amides is 3. The molecule has 1 saturated carbocycles. The van der Waals surface area contributed by atoms with Gasteiger partial charge in [0.05, 0.1) is 18.2 Å². The standard InChI is InChI=1S/C26H32ClN3O3/c1-33-23-7-3-2-6-22(23)29-25(32)30-16-12-19(13-17-30)18-28-24(31)26(14-4-5-15-26)20-8-10-21(27)11-9-20/h2-3,6-11,19H,4-5,12-18H2,1H3,(H,28,31)(H,29,32). The third-order valence-corrected chi connectivity index (χ3v) is 7.34. The van der Waals surface area contributed by atoms with E-state index in [1.165, 1.54) is 0 Å². The van der Waals surface area contributed by atoms with Gasteiger partial charge in [0, 0.05) is 24.7 Å². The smallest absolute Gasteiger partial charge is 0.321 e. The van der Waals surface area contributed by atoms with Gasteiger partial charge < -0.3 is 20.3 Å². The molecule has 0 radical (unpaired) electrons. The first-order chi connectivity index (χ1) is 16.0. The molecule has 3 amide bonds. The van der Waals surface area contributed by atoms with Crippen molar-refractivity contribution in [2.24, 2.45) is 5.92 Å². The van der Waals surface area contributed by atoms with Crippen LogP contribution in [0.2, 0.25) is 5.02 Å². The first-order valence-electron chi connectivity index (χ1n) is 11.7. The van der Waals surface area contributed by atoms with Crippen LogP contribution in [0, 0.1) is 5.92 Å². The van der Waals surface area contributed by atoms with E-state index >= 15 is 0 Å². The molecule has 2 aliphatic rings. The van der Waals surface area contributed by atoms with Crippen LogP contribution in [0.3, 0.4) is 0 Å². The summed E-state index contributed by atoms with van der Waals surface area (Å²) in [4.78, 5) is 27.8. The van der Waals surface area contributed by atoms with E-state index in [4.69, 9.17) is 16.3 Å². The Bertz CT molecular complexity index is 965. The van der Waals surface area contributed by atoms with Gasteiger partial charge in [-0.3, -0.25) is 4.79 Å². The zero-order chi connectivity index (χ0) is 23.3. The van der Waals surface area contributed by atoms with E-state index in [0.717, 1.165) is 44.1 Å². The summed E-state index contributed by atoms with van der Waals surface area (Å²) in [7, 11) is 1.59. The van der Waals surface area contributed by atoms with Gasteiger partial charge in [-0.1, -0.05) is 48.7 Å². The lowest BCUT2D eigenvalue weighted by molar-refractivity contribution is -0.126. The van der Waals surface area contributed by atoms with Crippen LogP contribution in [0.1, 0.15) is 44.1 Å². The first-order valence-corrected chi connectivity index (χ1v) is 12.1. The number of hydrogen-bond acceptors (Lipinski definition) is 3. The number of urea groups is 1. The van der Waals surface area contributed by atoms with Crippen molar-refractivity contribution in [2.45, 2.75) is 43.9 Å². The predicted molar refractivity (Wildman–Crippen MR) is 131 cm³/mol. The number of rotatable bonds is 6. The molecule has 6 nitrogen and oxygen atoms in total. The van der Waals surface area contributed by atoms with Crippen LogP contribution in [0.25, 0.3) is 0 Å². The minimum Gasteiger partial charge on any atom is -0.495 e. The second kappa shape index (κ2) is 10.5. The number of methoxy groups -OCH3 is 1. The molecular weight excluding hydrogens is 438 g/mol. The zero-order valence-corrected chi connectivity index (χ0v) is 19.9. The predicted octanol–water partition coefficient (Wildman–Crippen LogP) is 5.22. The van der Waals surface area contributed by atoms with Crippen LogP contribution in [0.5, 0.6) is 5.75 Å². The van der Waals surface area contributed by atoms with E-state index in [0.29, 0.717) is 42.0 Å². The molecule has 2 aromatic rings. The largest absolute Gasteiger partial charge is 0.495 e. The SMILES string of the molecule is COc1ccccc1NC(=O)N1CCC(CNC(=O)C2(c3ccc(Cl)cc3)CCCC2)CC1. The molecule has 176 valence electrons. The maximum absolute atomic E-state index is 13.3. The highest BCUT2D eigenvalue weighted by molar-refractivity contribution is 6.30. The van der Waals surface area contributed by atoms with Crippen molar-refractivity contribution in [3.05, 3.63) is 59.1 Å². The van der Waals surface area contributed by atoms with Crippen LogP contribution in [-0.2, 0) is 10.2 Å². The Hall–Kier alpha value is -2.73. The summed E-state index contributed by atoms with van der Waals surface area (Å²) in [5, 5.41) is 6.87. The molecule has 0 aromatic heterocycles. The third-order valence-electron chi connectivity index (χ3n) is 7.09. The summed E-state index contributed by atoms with van der Waals surface area (Å²) in [5.74, 6) is 1.14. The number of halogens is 1. The molecule has 7 heteroatoms. The number of carbonyl (C=O) groups is 2. The minimum atomic E-state index is -0.445. The molecule has 0 atom stereocenters. The van der Waals surface area contributed by atoms with Crippen molar-refractivity contribution in [2.75, 3.05) is 32.1 Å². The summed E-state index contributed by atoms with van der Waals surface area (Å²) < 4.78 is 5.31. The average Bonchev–Trinajstić information content (AvgIpc) is 3.35. The second-order valence-corrected chi connectivity index (χ2v) is 9.50. The van der Waals surface area contributed by atoms with Gasteiger partial charge in [-0.25, -0.2) is 4.79 Å². The molecule has 4 rings (SSSR count). The fourth-order valence-corrected chi connectivity index (χ4v) is 5.21. The summed E-state index contributed by atoms with van der Waals surface area (Å²) in [6, 6.07) is 15.0. The third kappa shape index (κ3) is 5.27. The molecule has 2 aromatic carbocycles. The molecule has 1 saturated heterocycles. The first kappa shape index (κ1) is 23.4. The highest BCUT2D eigenvalue weighted by Gasteiger charge is 2.42. The number of benzene rings is 2. The lowest BCUT2D eigenvalue weighted by atomic mass is 9.78. The van der Waals surface area contributed by atoms with Gasteiger partial charge in [0.15, 0.2) is 0 Å². The number of piperidine rings is 1. The molecule has 2 N–H and O–H groups in total. The number of nitrogens with one attached hydrogen (secondary N) is 2. The molecule has 1 aliphatic carbocycles. The monoisotopic (exact) mass is 469 g/mol. The van der Waals surface area contributed by atoms with Gasteiger partial charge in [0.25, 0.3) is 0 Å². The highest BCUT2D eigenvalue weighted by atomic mass is 35.5. The summed E-state index contributed by atoms with van der Waals surface area (Å²) in [6.45, 7) is 1.99. The normalized spacial score (nSPS) is 18.1. The van der Waals surface area contributed by atoms with Crippen molar-refractivity contribution in [3.63, 3.8) is 0 Å². The van der Waals surface area contributed by atoms with E-state index in [1.807, 2.05) is 53.4 Å². The van der Waals surface area contributed by atoms with Crippen LogP contribution in [-0.4, -0.2) is 43.6 Å². The van der Waals surface area contributed by atoms with Crippen LogP contribution < -0.4 is 15.4 Å². The van der Waals surface area contributed by atoms with E-state index in [9.17, 15) is 9.59 Å². The summed E-state index contributed by atoms with van der Waals surface area (Å²) in [6.07, 6.45) is 5.62. The van der Waals surface area contributed by atoms with E-state index in [2.05, 4.69) is 10.6 Å². The Morgan fingerprint density at radius 3 is 2.39 bits per heavy atom. The minimum absolute atomic E-state index is 0.116. The topological polar surface area (TPSA) is 70.7 Å². The Kier molecular flexibility index (Phi) is 7.43. The molecule has 33 heavy (non-hydrogen) atoms. The number of para-hydroxylation sites is 2. The molecule has 0 unspecified atom stereocenters. The summed E-state index contributed by atoms with van der Waals surface area (Å²) >= 11 is 6.06. The number of anilines is 1. The lowest BCUT2D eigenvalue weighted by Gasteiger charge is -2.33. The Morgan fingerprint density at radius 2 is 1.73 bits per heavy atom. The number of nitrogens with zero attached hydrogens (tertiary/aromatic N) is 1. The van der Waals surface area contributed by atoms with Crippen LogP contribution in [0.15, 0.2) is 48.5 Å². The zero-order valence-electron chi connectivity index (χ0n) is 19.1. The van der Waals surface area contributed by atoms with E-state index in [-0.39, 0.29) is 11.9 Å². The Labute approximate surface area is 200 Å². The molecule has 1 heterocycles. The van der Waals surface area contributed by atoms with E-state index in [1.54, 1.807) is 7.11 Å². The van der Waals surface area contributed by atoms with Gasteiger partial charge in [-0.2, -0.15) is 0 Å². The van der Waals surface area contributed by atoms with Gasteiger partial charge in [0.2, 0.25) is 5.91 Å². The molecule has 2 fully saturated rings. The van der Waals surface area contributed by atoms with Crippen molar-refractivity contribution in [3.8, 4) is 5.75 Å². The van der Waals surface area contributed by atoms with Crippen molar-refractivity contribution in [1.82, 2.24) is 10.2 Å². The molecule has 0 spiro atoms. The maximum atomic E-state index is 13.3. The number of carbonyl (C=O) groups excluding carboxylic acids is 2. The van der Waals surface area contributed by atoms with Gasteiger partial charge in [-0.15, -0.1) is 0 Å². The van der Waals surface area contributed by atoms with Gasteiger partial charge in [-0.05, 0) is 61.4 Å². The number of likely N-dealkylation sites (tertiary alicyclic amines) is 1. The average molecular weight is 470 g/mol. The van der Waals surface area contributed by atoms with Crippen molar-refractivity contribution < 1.29 is 14.3 Å². The molecule has 1 aliphatic heterocycles. The van der Waals surface area contributed by atoms with Crippen molar-refractivity contribution in [1.29, 1.82) is 0 Å². The van der Waals surface area contributed by atoms with Crippen molar-refractivity contribution >= 4 is 29.2 Å². The van der Waals surface area contributed by atoms with Crippen LogP contribution in [0.4, 0.5) is 10.5 Å². The lowest BCUT2D eigenvalue weighted by Crippen LogP contribution is -2.47. The fourth-order valence-electron chi connectivity index (χ4n) is 5.08. The molecular formula is C26H32ClN3O3. The van der Waals surface area contributed by atoms with Gasteiger partial charge >= 0.3 is 6.03 Å². The Balaban J connectivity index is 1.29. The number of ether oxygens (including phenoxy) is 1. The Morgan fingerprint density at radius 1 is 1.06 bits per heavy atom. The summed E-state index contributed by atoms with van der Waals surface area (Å²) in [5.41, 5.74) is 1.29. The quantitative estimate of drug-likeness (QED) is 0.609. The van der Waals surface area contributed by atoms with Crippen LogP contribution >= 0.6 is 11.6 Å². The van der Waals surface area contributed by atoms with E-state index < -0.39 is 5.41 Å². The highest BCUT2D eigenvalue weighted by Crippen LogP contribution is 2.41. The second-order valence-electron chi connectivity index (χ2n) is 9.07. The number of hydrogen-bond donors (Lipinski definition) is 2. The molecule has 0 bridgehead atoms. The van der Waals surface area contributed by atoms with Gasteiger partial charge in [0.1, 0.15) is 5.75 Å². The fraction of sp³-hybridized carbons (Fsp3) is 0.462.